The van der Waals surface area contributed by atoms with Crippen LogP contribution in [0.5, 0.6) is 0 Å². The molecule has 0 aliphatic heterocycles. The number of anilines is 1. The van der Waals surface area contributed by atoms with Crippen LogP contribution in [-0.2, 0) is 0 Å². The van der Waals surface area contributed by atoms with Crippen LogP contribution >= 0.6 is 27.3 Å². The Morgan fingerprint density at radius 2 is 1.79 bits per heavy atom. The lowest BCUT2D eigenvalue weighted by atomic mass is 10.2. The van der Waals surface area contributed by atoms with Crippen molar-refractivity contribution in [3.63, 3.8) is 0 Å². The minimum Gasteiger partial charge on any atom is -0.273 e. The molecule has 2 N–H and O–H groups in total. The lowest BCUT2D eigenvalue weighted by Crippen LogP contribution is -2.29. The third-order valence-electron chi connectivity index (χ3n) is 3.29. The molecule has 3 aromatic rings. The summed E-state index contributed by atoms with van der Waals surface area (Å²) in [5.74, 6) is -0.734. The Labute approximate surface area is 150 Å². The fraction of sp³-hybridized carbons (Fsp3) is 0.0588. The van der Waals surface area contributed by atoms with Crippen LogP contribution in [0.1, 0.15) is 16.1 Å². The maximum Gasteiger partial charge on any atom is 0.269 e. The van der Waals surface area contributed by atoms with Gasteiger partial charge >= 0.3 is 0 Å². The monoisotopic (exact) mass is 405 g/mol. The zero-order chi connectivity index (χ0) is 17.1. The summed E-state index contributed by atoms with van der Waals surface area (Å²) < 4.78 is 13.9. The summed E-state index contributed by atoms with van der Waals surface area (Å²) in [5.41, 5.74) is 7.67. The Morgan fingerprint density at radius 3 is 2.46 bits per heavy atom. The number of hydrazine groups is 1. The van der Waals surface area contributed by atoms with Gasteiger partial charge in [0.1, 0.15) is 5.82 Å². The van der Waals surface area contributed by atoms with Crippen molar-refractivity contribution < 1.29 is 9.18 Å². The summed E-state index contributed by atoms with van der Waals surface area (Å²) in [6.45, 7) is 1.92. The number of aromatic nitrogens is 1. The number of hydrogen-bond acceptors (Lipinski definition) is 4. The highest BCUT2D eigenvalue weighted by molar-refractivity contribution is 9.10. The van der Waals surface area contributed by atoms with Gasteiger partial charge in [0.25, 0.3) is 5.91 Å². The fourth-order valence-electron chi connectivity index (χ4n) is 2.10. The summed E-state index contributed by atoms with van der Waals surface area (Å²) >= 11 is 4.86. The molecular formula is C17H13BrFN3OS. The van der Waals surface area contributed by atoms with Crippen molar-refractivity contribution in [2.75, 3.05) is 5.43 Å². The lowest BCUT2D eigenvalue weighted by molar-refractivity contribution is 0.0962. The van der Waals surface area contributed by atoms with Gasteiger partial charge in [-0.1, -0.05) is 39.4 Å². The molecule has 24 heavy (non-hydrogen) atoms. The summed E-state index contributed by atoms with van der Waals surface area (Å²) in [4.78, 5) is 17.4. The van der Waals surface area contributed by atoms with Gasteiger partial charge in [-0.25, -0.2) is 9.37 Å². The van der Waals surface area contributed by atoms with E-state index in [0.717, 1.165) is 20.6 Å². The fourth-order valence-corrected chi connectivity index (χ4v) is 3.29. The van der Waals surface area contributed by atoms with Crippen LogP contribution in [0.4, 0.5) is 9.52 Å². The van der Waals surface area contributed by atoms with Gasteiger partial charge in [-0.2, -0.15) is 0 Å². The Kier molecular flexibility index (Phi) is 4.92. The maximum absolute atomic E-state index is 12.9. The van der Waals surface area contributed by atoms with E-state index < -0.39 is 0 Å². The Bertz CT molecular complexity index is 863. The molecule has 122 valence electrons. The number of rotatable bonds is 4. The highest BCUT2D eigenvalue weighted by Gasteiger charge is 2.11. The molecule has 0 atom stereocenters. The van der Waals surface area contributed by atoms with Crippen molar-refractivity contribution in [1.82, 2.24) is 10.4 Å². The number of thiazole rings is 1. The predicted molar refractivity (Wildman–Crippen MR) is 97.5 cm³/mol. The first kappa shape index (κ1) is 16.6. The molecule has 3 rings (SSSR count). The van der Waals surface area contributed by atoms with Crippen LogP contribution in [0.3, 0.4) is 0 Å². The van der Waals surface area contributed by atoms with Gasteiger partial charge in [0.2, 0.25) is 5.13 Å². The summed E-state index contributed by atoms with van der Waals surface area (Å²) in [6, 6.07) is 13.3. The molecule has 1 amide bonds. The number of hydrogen-bond donors (Lipinski definition) is 2. The molecule has 0 unspecified atom stereocenters. The average molecular weight is 406 g/mol. The number of nitrogens with zero attached hydrogens (tertiary/aromatic N) is 1. The minimum atomic E-state index is -0.380. The van der Waals surface area contributed by atoms with Gasteiger partial charge in [-0.15, -0.1) is 0 Å². The molecule has 0 aliphatic carbocycles. The zero-order valence-corrected chi connectivity index (χ0v) is 15.0. The number of amides is 1. The quantitative estimate of drug-likeness (QED) is 0.614. The lowest BCUT2D eigenvalue weighted by Gasteiger charge is -2.05. The first-order valence-electron chi connectivity index (χ1n) is 7.08. The second-order valence-corrected chi connectivity index (χ2v) is 6.94. The average Bonchev–Trinajstić information content (AvgIpc) is 2.95. The van der Waals surface area contributed by atoms with Crippen LogP contribution in [0.2, 0.25) is 0 Å². The topological polar surface area (TPSA) is 54.0 Å². The molecular weight excluding hydrogens is 393 g/mol. The van der Waals surface area contributed by atoms with E-state index in [2.05, 4.69) is 31.8 Å². The molecule has 1 aromatic heterocycles. The van der Waals surface area contributed by atoms with Crippen LogP contribution < -0.4 is 10.9 Å². The van der Waals surface area contributed by atoms with Crippen molar-refractivity contribution in [3.05, 3.63) is 70.1 Å². The molecule has 1 heterocycles. The standard InChI is InChI=1S/C17H13BrFN3OS/c1-10-15(11-2-6-13(18)7-3-11)24-17(20-10)22-21-16(23)12-4-8-14(19)9-5-12/h2-9H,1H3,(H,20,22)(H,21,23). The number of nitrogens with one attached hydrogen (secondary N) is 2. The van der Waals surface area contributed by atoms with Gasteiger partial charge in [0.15, 0.2) is 0 Å². The number of benzene rings is 2. The smallest absolute Gasteiger partial charge is 0.269 e. The van der Waals surface area contributed by atoms with Crippen LogP contribution in [-0.4, -0.2) is 10.9 Å². The summed E-state index contributed by atoms with van der Waals surface area (Å²) in [6.07, 6.45) is 0. The van der Waals surface area contributed by atoms with E-state index in [-0.39, 0.29) is 11.7 Å². The van der Waals surface area contributed by atoms with Crippen LogP contribution in [0.25, 0.3) is 10.4 Å². The second kappa shape index (κ2) is 7.11. The van der Waals surface area contributed by atoms with Gasteiger partial charge < -0.3 is 0 Å². The van der Waals surface area contributed by atoms with Gasteiger partial charge in [0, 0.05) is 10.0 Å². The van der Waals surface area contributed by atoms with Crippen LogP contribution in [0, 0.1) is 12.7 Å². The Morgan fingerprint density at radius 1 is 1.12 bits per heavy atom. The van der Waals surface area contributed by atoms with Crippen molar-refractivity contribution in [1.29, 1.82) is 0 Å². The second-order valence-electron chi connectivity index (χ2n) is 5.03. The highest BCUT2D eigenvalue weighted by Crippen LogP contribution is 2.33. The Balaban J connectivity index is 1.70. The first-order valence-corrected chi connectivity index (χ1v) is 8.69. The van der Waals surface area contributed by atoms with E-state index in [4.69, 9.17) is 0 Å². The van der Waals surface area contributed by atoms with E-state index >= 15 is 0 Å². The molecule has 0 spiro atoms. The normalized spacial score (nSPS) is 10.5. The number of carbonyl (C=O) groups excluding carboxylic acids is 1. The molecule has 4 nitrogen and oxygen atoms in total. The number of aryl methyl sites for hydroxylation is 1. The summed E-state index contributed by atoms with van der Waals surface area (Å²) in [5, 5.41) is 0.584. The molecule has 2 aromatic carbocycles. The molecule has 0 saturated heterocycles. The molecule has 0 saturated carbocycles. The molecule has 0 fully saturated rings. The van der Waals surface area contributed by atoms with Crippen molar-refractivity contribution in [3.8, 4) is 10.4 Å². The van der Waals surface area contributed by atoms with E-state index in [1.54, 1.807) is 0 Å². The third-order valence-corrected chi connectivity index (χ3v) is 4.94. The zero-order valence-electron chi connectivity index (χ0n) is 12.6. The van der Waals surface area contributed by atoms with E-state index in [1.165, 1.54) is 35.6 Å². The number of halogens is 2. The van der Waals surface area contributed by atoms with E-state index in [9.17, 15) is 9.18 Å². The highest BCUT2D eigenvalue weighted by atomic mass is 79.9. The third kappa shape index (κ3) is 3.80. The minimum absolute atomic E-state index is 0.354. The van der Waals surface area contributed by atoms with E-state index in [1.807, 2.05) is 31.2 Å². The number of carbonyl (C=O) groups is 1. The predicted octanol–water partition coefficient (Wildman–Crippen LogP) is 4.78. The maximum atomic E-state index is 12.9. The van der Waals surface area contributed by atoms with Gasteiger partial charge in [-0.05, 0) is 48.9 Å². The van der Waals surface area contributed by atoms with Crippen molar-refractivity contribution in [2.45, 2.75) is 6.92 Å². The van der Waals surface area contributed by atoms with Crippen LogP contribution in [0.15, 0.2) is 53.0 Å². The van der Waals surface area contributed by atoms with Gasteiger partial charge in [-0.3, -0.25) is 15.6 Å². The first-order chi connectivity index (χ1) is 11.5. The van der Waals surface area contributed by atoms with E-state index in [0.29, 0.717) is 10.7 Å². The van der Waals surface area contributed by atoms with Gasteiger partial charge in [0.05, 0.1) is 10.6 Å². The molecule has 7 heteroatoms. The summed E-state index contributed by atoms with van der Waals surface area (Å²) in [7, 11) is 0. The van der Waals surface area contributed by atoms with Crippen molar-refractivity contribution in [2.24, 2.45) is 0 Å². The molecule has 0 radical (unpaired) electrons. The largest absolute Gasteiger partial charge is 0.273 e. The Hall–Kier alpha value is -2.25. The van der Waals surface area contributed by atoms with Crippen molar-refractivity contribution >= 4 is 38.3 Å². The molecule has 0 bridgehead atoms. The molecule has 0 aliphatic rings. The SMILES string of the molecule is Cc1nc(NNC(=O)c2ccc(F)cc2)sc1-c1ccc(Br)cc1.